The van der Waals surface area contributed by atoms with Crippen molar-refractivity contribution in [3.63, 3.8) is 0 Å². The normalized spacial score (nSPS) is 15.9. The van der Waals surface area contributed by atoms with Crippen molar-refractivity contribution in [2.75, 3.05) is 5.32 Å². The summed E-state index contributed by atoms with van der Waals surface area (Å²) in [6.45, 7) is 5.11. The van der Waals surface area contributed by atoms with Crippen molar-refractivity contribution in [3.05, 3.63) is 73.5 Å². The molecule has 0 amide bonds. The van der Waals surface area contributed by atoms with Gasteiger partial charge in [-0.3, -0.25) is 14.9 Å². The number of benzene rings is 1. The Labute approximate surface area is 154 Å². The van der Waals surface area contributed by atoms with E-state index in [-0.39, 0.29) is 22.9 Å². The van der Waals surface area contributed by atoms with Gasteiger partial charge in [-0.2, -0.15) is 0 Å². The molecule has 0 spiro atoms. The number of nitrogens with one attached hydrogen (secondary N) is 2. The van der Waals surface area contributed by atoms with Gasteiger partial charge < -0.3 is 15.0 Å². The molecule has 27 heavy (non-hydrogen) atoms. The van der Waals surface area contributed by atoms with Gasteiger partial charge in [-0.1, -0.05) is 12.1 Å². The molecular formula is C18H18N4O5. The zero-order chi connectivity index (χ0) is 19.7. The van der Waals surface area contributed by atoms with E-state index in [1.165, 1.54) is 24.5 Å². The average Bonchev–Trinajstić information content (AvgIpc) is 2.60. The fourth-order valence-corrected chi connectivity index (χ4v) is 3.08. The zero-order valence-electron chi connectivity index (χ0n) is 15.0. The number of carbonyl (C=O) groups excluding carboxylic acids is 1. The second-order valence-electron chi connectivity index (χ2n) is 6.40. The maximum Gasteiger partial charge on any atom is 0.337 e. The summed E-state index contributed by atoms with van der Waals surface area (Å²) < 4.78 is 5.34. The Morgan fingerprint density at radius 2 is 2.11 bits per heavy atom. The number of hydrogen-bond donors (Lipinski definition) is 2. The molecule has 1 atom stereocenters. The maximum absolute atomic E-state index is 12.8. The van der Waals surface area contributed by atoms with Crippen LogP contribution in [0.25, 0.3) is 0 Å². The van der Waals surface area contributed by atoms with Gasteiger partial charge in [-0.15, -0.1) is 0 Å². The first-order valence-electron chi connectivity index (χ1n) is 8.30. The number of nitro benzene ring substituents is 1. The van der Waals surface area contributed by atoms with Crippen LogP contribution in [0.2, 0.25) is 0 Å². The molecule has 1 aromatic heterocycles. The average molecular weight is 370 g/mol. The lowest BCUT2D eigenvalue weighted by molar-refractivity contribution is -0.384. The minimum atomic E-state index is -0.843. The van der Waals surface area contributed by atoms with Crippen LogP contribution in [-0.2, 0) is 9.53 Å². The van der Waals surface area contributed by atoms with Gasteiger partial charge in [0.1, 0.15) is 5.82 Å². The number of esters is 1. The molecule has 1 unspecified atom stereocenters. The molecule has 0 saturated heterocycles. The lowest BCUT2D eigenvalue weighted by atomic mass is 9.82. The molecule has 0 fully saturated rings. The van der Waals surface area contributed by atoms with Gasteiger partial charge in [0, 0.05) is 17.8 Å². The highest BCUT2D eigenvalue weighted by molar-refractivity contribution is 5.94. The van der Waals surface area contributed by atoms with Gasteiger partial charge in [0.05, 0.1) is 34.4 Å². The summed E-state index contributed by atoms with van der Waals surface area (Å²) in [4.78, 5) is 42.6. The summed E-state index contributed by atoms with van der Waals surface area (Å²) in [6.07, 6.45) is 0.890. The summed E-state index contributed by atoms with van der Waals surface area (Å²) in [5.74, 6) is -1.14. The lowest BCUT2D eigenvalue weighted by Gasteiger charge is -2.28. The third-order valence-corrected chi connectivity index (χ3v) is 4.15. The van der Waals surface area contributed by atoms with E-state index < -0.39 is 22.4 Å². The number of ether oxygens (including phenoxy) is 1. The van der Waals surface area contributed by atoms with E-state index in [9.17, 15) is 19.7 Å². The van der Waals surface area contributed by atoms with Crippen molar-refractivity contribution < 1.29 is 14.5 Å². The first kappa shape index (κ1) is 18.3. The SMILES string of the molecule is CC1=C(C(=O)OC(C)C)C(c2cccc([N+](=O)[O-])c2)c2c(nc[nH]c2=O)N1. The Bertz CT molecular complexity index is 1010. The van der Waals surface area contributed by atoms with Crippen LogP contribution in [0.1, 0.15) is 37.8 Å². The molecule has 1 aliphatic rings. The standard InChI is InChI=1S/C18H18N4O5/c1-9(2)27-18(24)13-10(3)21-16-15(17(23)20-8-19-16)14(13)11-5-4-6-12(7-11)22(25)26/h4-9,14H,1-3H3,(H2,19,20,21,23). The van der Waals surface area contributed by atoms with Crippen LogP contribution in [0, 0.1) is 10.1 Å². The highest BCUT2D eigenvalue weighted by atomic mass is 16.6. The molecule has 2 aromatic rings. The Morgan fingerprint density at radius 1 is 1.37 bits per heavy atom. The highest BCUT2D eigenvalue weighted by Gasteiger charge is 2.36. The second-order valence-corrected chi connectivity index (χ2v) is 6.40. The molecule has 1 aliphatic heterocycles. The van der Waals surface area contributed by atoms with Gasteiger partial charge in [0.15, 0.2) is 0 Å². The van der Waals surface area contributed by atoms with E-state index in [0.29, 0.717) is 17.1 Å². The van der Waals surface area contributed by atoms with E-state index >= 15 is 0 Å². The Morgan fingerprint density at radius 3 is 2.78 bits per heavy atom. The van der Waals surface area contributed by atoms with E-state index in [1.54, 1.807) is 26.8 Å². The summed E-state index contributed by atoms with van der Waals surface area (Å²) in [6, 6.07) is 5.85. The number of nitrogens with zero attached hydrogens (tertiary/aromatic N) is 2. The van der Waals surface area contributed by atoms with Crippen molar-refractivity contribution in [2.45, 2.75) is 32.8 Å². The molecule has 2 heterocycles. The van der Waals surface area contributed by atoms with Crippen molar-refractivity contribution in [2.24, 2.45) is 0 Å². The molecule has 9 nitrogen and oxygen atoms in total. The molecular weight excluding hydrogens is 352 g/mol. The van der Waals surface area contributed by atoms with Gasteiger partial charge in [0.25, 0.3) is 11.2 Å². The van der Waals surface area contributed by atoms with Gasteiger partial charge in [0.2, 0.25) is 0 Å². The molecule has 0 saturated carbocycles. The van der Waals surface area contributed by atoms with E-state index in [0.717, 1.165) is 0 Å². The summed E-state index contributed by atoms with van der Waals surface area (Å²) in [5, 5.41) is 14.1. The number of nitro groups is 1. The van der Waals surface area contributed by atoms with Gasteiger partial charge in [-0.05, 0) is 26.3 Å². The number of allylic oxidation sites excluding steroid dienone is 1. The quantitative estimate of drug-likeness (QED) is 0.481. The van der Waals surface area contributed by atoms with Crippen LogP contribution >= 0.6 is 0 Å². The predicted molar refractivity (Wildman–Crippen MR) is 97.3 cm³/mol. The predicted octanol–water partition coefficient (Wildman–Crippen LogP) is 2.46. The van der Waals surface area contributed by atoms with Crippen molar-refractivity contribution >= 4 is 17.5 Å². The number of aromatic nitrogens is 2. The third-order valence-electron chi connectivity index (χ3n) is 4.15. The molecule has 9 heteroatoms. The summed E-state index contributed by atoms with van der Waals surface area (Å²) >= 11 is 0. The maximum atomic E-state index is 12.8. The first-order chi connectivity index (χ1) is 12.8. The van der Waals surface area contributed by atoms with Crippen LogP contribution in [0.5, 0.6) is 0 Å². The van der Waals surface area contributed by atoms with Crippen molar-refractivity contribution in [3.8, 4) is 0 Å². The Kier molecular flexibility index (Phi) is 4.76. The number of H-pyrrole nitrogens is 1. The van der Waals surface area contributed by atoms with Gasteiger partial charge >= 0.3 is 5.97 Å². The van der Waals surface area contributed by atoms with Crippen LogP contribution < -0.4 is 10.9 Å². The minimum absolute atomic E-state index is 0.137. The fourth-order valence-electron chi connectivity index (χ4n) is 3.08. The third kappa shape index (κ3) is 3.43. The van der Waals surface area contributed by atoms with Crippen LogP contribution in [-0.4, -0.2) is 27.0 Å². The monoisotopic (exact) mass is 370 g/mol. The van der Waals surface area contributed by atoms with Crippen LogP contribution in [0.15, 0.2) is 46.7 Å². The topological polar surface area (TPSA) is 127 Å². The lowest BCUT2D eigenvalue weighted by Crippen LogP contribution is -2.31. The number of rotatable bonds is 4. The number of aromatic amines is 1. The fraction of sp³-hybridized carbons (Fsp3) is 0.278. The number of non-ortho nitro benzene ring substituents is 1. The molecule has 0 aliphatic carbocycles. The molecule has 0 bridgehead atoms. The Balaban J connectivity index is 2.25. The summed E-state index contributed by atoms with van der Waals surface area (Å²) in [7, 11) is 0. The number of anilines is 1. The van der Waals surface area contributed by atoms with Crippen LogP contribution in [0.3, 0.4) is 0 Å². The molecule has 0 radical (unpaired) electrons. The largest absolute Gasteiger partial charge is 0.460 e. The Hall–Kier alpha value is -3.49. The van der Waals surface area contributed by atoms with E-state index in [4.69, 9.17) is 4.74 Å². The van der Waals surface area contributed by atoms with Crippen molar-refractivity contribution in [1.29, 1.82) is 0 Å². The molecule has 2 N–H and O–H groups in total. The van der Waals surface area contributed by atoms with Crippen molar-refractivity contribution in [1.82, 2.24) is 9.97 Å². The van der Waals surface area contributed by atoms with E-state index in [1.807, 2.05) is 0 Å². The van der Waals surface area contributed by atoms with E-state index in [2.05, 4.69) is 15.3 Å². The number of carbonyl (C=O) groups is 1. The van der Waals surface area contributed by atoms with Crippen LogP contribution in [0.4, 0.5) is 11.5 Å². The first-order valence-corrected chi connectivity index (χ1v) is 8.30. The highest BCUT2D eigenvalue weighted by Crippen LogP contribution is 2.40. The zero-order valence-corrected chi connectivity index (χ0v) is 15.0. The number of hydrogen-bond acceptors (Lipinski definition) is 7. The second kappa shape index (κ2) is 7.02. The minimum Gasteiger partial charge on any atom is -0.460 e. The molecule has 1 aromatic carbocycles. The molecule has 3 rings (SSSR count). The smallest absolute Gasteiger partial charge is 0.337 e. The van der Waals surface area contributed by atoms with Gasteiger partial charge in [-0.25, -0.2) is 9.78 Å². The number of fused-ring (bicyclic) bond motifs is 1. The summed E-state index contributed by atoms with van der Waals surface area (Å²) in [5.41, 5.74) is 0.756. The molecule has 140 valence electrons.